The highest BCUT2D eigenvalue weighted by Crippen LogP contribution is 2.36. The number of amides is 1. The minimum absolute atomic E-state index is 0.169. The molecule has 0 aliphatic heterocycles. The van der Waals surface area contributed by atoms with Crippen molar-refractivity contribution in [3.63, 3.8) is 0 Å². The lowest BCUT2D eigenvalue weighted by atomic mass is 10.1. The molecule has 1 aliphatic carbocycles. The molecule has 0 spiro atoms. The van der Waals surface area contributed by atoms with Crippen molar-refractivity contribution in [3.8, 4) is 0 Å². The van der Waals surface area contributed by atoms with Gasteiger partial charge in [-0.1, -0.05) is 0 Å². The van der Waals surface area contributed by atoms with Crippen molar-refractivity contribution in [3.05, 3.63) is 78.3 Å². The molecule has 1 amide bonds. The van der Waals surface area contributed by atoms with Crippen molar-refractivity contribution in [2.75, 3.05) is 5.32 Å². The lowest BCUT2D eigenvalue weighted by Gasteiger charge is -2.15. The standard InChI is InChI=1S/C17H16F4N4O.C6H5N3/c18-10-1-4-14(13(7-10)17(19,20)21)25-12-3-2-11(23-9-12)8-24-15(26)16(22)5-6-16;1-2-5-6(7-3-1)9-4-8-5/h1-4,7,9,25H,5-6,8,22H2,(H,24,26);1-4H,(H,7,8,9). The molecule has 3 aromatic heterocycles. The van der Waals surface area contributed by atoms with Crippen molar-refractivity contribution in [1.29, 1.82) is 0 Å². The van der Waals surface area contributed by atoms with E-state index in [1.54, 1.807) is 18.6 Å². The number of aromatic amines is 1. The Kier molecular flexibility index (Phi) is 6.65. The van der Waals surface area contributed by atoms with E-state index in [1.165, 1.54) is 12.3 Å². The van der Waals surface area contributed by atoms with Crippen LogP contribution in [-0.4, -0.2) is 31.4 Å². The zero-order chi connectivity index (χ0) is 25.1. The number of nitrogens with zero attached hydrogens (tertiary/aromatic N) is 3. The Morgan fingerprint density at radius 3 is 2.57 bits per heavy atom. The van der Waals surface area contributed by atoms with Crippen LogP contribution in [0.2, 0.25) is 0 Å². The second-order valence-corrected chi connectivity index (χ2v) is 7.97. The summed E-state index contributed by atoms with van der Waals surface area (Å²) >= 11 is 0. The summed E-state index contributed by atoms with van der Waals surface area (Å²) in [5.74, 6) is -1.22. The third kappa shape index (κ3) is 6.09. The van der Waals surface area contributed by atoms with Gasteiger partial charge in [0, 0.05) is 6.20 Å². The van der Waals surface area contributed by atoms with Gasteiger partial charge >= 0.3 is 6.18 Å². The van der Waals surface area contributed by atoms with E-state index in [0.29, 0.717) is 30.3 Å². The Labute approximate surface area is 197 Å². The minimum atomic E-state index is -4.69. The molecule has 1 fully saturated rings. The van der Waals surface area contributed by atoms with E-state index in [0.717, 1.165) is 23.3 Å². The molecular weight excluding hydrogens is 466 g/mol. The van der Waals surface area contributed by atoms with E-state index in [4.69, 9.17) is 5.73 Å². The molecule has 0 bridgehead atoms. The quantitative estimate of drug-likeness (QED) is 0.315. The first-order valence-corrected chi connectivity index (χ1v) is 10.5. The van der Waals surface area contributed by atoms with Crippen LogP contribution in [0.5, 0.6) is 0 Å². The topological polar surface area (TPSA) is 122 Å². The normalized spacial score (nSPS) is 14.1. The number of anilines is 2. The number of benzene rings is 1. The van der Waals surface area contributed by atoms with E-state index in [2.05, 4.69) is 30.6 Å². The Morgan fingerprint density at radius 1 is 1.11 bits per heavy atom. The summed E-state index contributed by atoms with van der Waals surface area (Å²) in [6.45, 7) is 0.169. The van der Waals surface area contributed by atoms with Gasteiger partial charge < -0.3 is 21.4 Å². The minimum Gasteiger partial charge on any atom is -0.354 e. The summed E-state index contributed by atoms with van der Waals surface area (Å²) < 4.78 is 52.1. The first-order chi connectivity index (χ1) is 16.6. The lowest BCUT2D eigenvalue weighted by Crippen LogP contribution is -2.42. The maximum Gasteiger partial charge on any atom is 0.418 e. The SMILES string of the molecule is NC1(C(=O)NCc2ccc(Nc3ccc(F)cc3C(F)(F)F)cn2)CC1.c1cnc2nc[nH]c2c1. The van der Waals surface area contributed by atoms with Gasteiger partial charge in [-0.2, -0.15) is 13.2 Å². The van der Waals surface area contributed by atoms with Crippen LogP contribution in [0.3, 0.4) is 0 Å². The number of hydrogen-bond acceptors (Lipinski definition) is 6. The Morgan fingerprint density at radius 2 is 1.91 bits per heavy atom. The van der Waals surface area contributed by atoms with Crippen LogP contribution < -0.4 is 16.4 Å². The second-order valence-electron chi connectivity index (χ2n) is 7.97. The third-order valence-corrected chi connectivity index (χ3v) is 5.26. The van der Waals surface area contributed by atoms with Crippen LogP contribution in [0.4, 0.5) is 28.9 Å². The molecule has 1 saturated carbocycles. The van der Waals surface area contributed by atoms with Crippen molar-refractivity contribution in [2.24, 2.45) is 5.73 Å². The maximum atomic E-state index is 13.1. The van der Waals surface area contributed by atoms with Crippen LogP contribution in [0.1, 0.15) is 24.1 Å². The number of halogens is 4. The van der Waals surface area contributed by atoms with Gasteiger partial charge in [0.25, 0.3) is 0 Å². The van der Waals surface area contributed by atoms with Gasteiger partial charge in [0.2, 0.25) is 5.91 Å². The molecule has 0 atom stereocenters. The highest BCUT2D eigenvalue weighted by molar-refractivity contribution is 5.88. The van der Waals surface area contributed by atoms with Crippen molar-refractivity contribution in [1.82, 2.24) is 25.3 Å². The number of H-pyrrole nitrogens is 1. The Balaban J connectivity index is 0.000000266. The van der Waals surface area contributed by atoms with E-state index in [-0.39, 0.29) is 18.1 Å². The van der Waals surface area contributed by atoms with Crippen molar-refractivity contribution >= 4 is 28.4 Å². The Bertz CT molecular complexity index is 1290. The summed E-state index contributed by atoms with van der Waals surface area (Å²) in [4.78, 5) is 26.7. The molecule has 4 aromatic rings. The molecule has 5 rings (SSSR count). The van der Waals surface area contributed by atoms with Gasteiger partial charge in [-0.15, -0.1) is 0 Å². The summed E-state index contributed by atoms with van der Waals surface area (Å²) in [6, 6.07) is 9.29. The number of alkyl halides is 3. The lowest BCUT2D eigenvalue weighted by molar-refractivity contribution is -0.137. The molecule has 0 saturated heterocycles. The van der Waals surface area contributed by atoms with Crippen molar-refractivity contribution in [2.45, 2.75) is 31.1 Å². The molecule has 182 valence electrons. The number of carbonyl (C=O) groups excluding carboxylic acids is 1. The number of aromatic nitrogens is 4. The molecule has 1 aromatic carbocycles. The van der Waals surface area contributed by atoms with Crippen LogP contribution in [0, 0.1) is 5.82 Å². The number of nitrogens with two attached hydrogens (primary N) is 1. The van der Waals surface area contributed by atoms with Crippen LogP contribution >= 0.6 is 0 Å². The number of rotatable bonds is 5. The molecule has 3 heterocycles. The average molecular weight is 487 g/mol. The maximum absolute atomic E-state index is 13.1. The number of nitrogens with one attached hydrogen (secondary N) is 3. The first kappa shape index (κ1) is 24.1. The number of hydrogen-bond donors (Lipinski definition) is 4. The smallest absolute Gasteiger partial charge is 0.354 e. The summed E-state index contributed by atoms with van der Waals surface area (Å²) in [5.41, 5.74) is 6.19. The van der Waals surface area contributed by atoms with Crippen LogP contribution in [0.25, 0.3) is 11.2 Å². The summed E-state index contributed by atoms with van der Waals surface area (Å²) in [5, 5.41) is 5.24. The first-order valence-electron chi connectivity index (χ1n) is 10.5. The molecule has 5 N–H and O–H groups in total. The fraction of sp³-hybridized carbons (Fsp3) is 0.217. The number of pyridine rings is 2. The second kappa shape index (κ2) is 9.66. The molecule has 35 heavy (non-hydrogen) atoms. The van der Waals surface area contributed by atoms with E-state index < -0.39 is 23.1 Å². The molecule has 12 heteroatoms. The van der Waals surface area contributed by atoms with Crippen LogP contribution in [-0.2, 0) is 17.5 Å². The summed E-state index contributed by atoms with van der Waals surface area (Å²) in [7, 11) is 0. The number of imidazole rings is 1. The number of carbonyl (C=O) groups is 1. The molecule has 8 nitrogen and oxygen atoms in total. The zero-order valence-corrected chi connectivity index (χ0v) is 18.2. The van der Waals surface area contributed by atoms with Gasteiger partial charge in [0.05, 0.1) is 52.8 Å². The Hall–Kier alpha value is -4.06. The predicted octanol–water partition coefficient (Wildman–Crippen LogP) is 4.05. The molecule has 0 radical (unpaired) electrons. The fourth-order valence-electron chi connectivity index (χ4n) is 3.10. The van der Waals surface area contributed by atoms with E-state index in [1.807, 2.05) is 12.1 Å². The van der Waals surface area contributed by atoms with E-state index in [9.17, 15) is 22.4 Å². The fourth-order valence-corrected chi connectivity index (χ4v) is 3.10. The third-order valence-electron chi connectivity index (χ3n) is 5.26. The molecule has 0 unspecified atom stereocenters. The highest BCUT2D eigenvalue weighted by Gasteiger charge is 2.45. The number of fused-ring (bicyclic) bond motifs is 1. The van der Waals surface area contributed by atoms with Gasteiger partial charge in [-0.05, 0) is 55.3 Å². The average Bonchev–Trinajstić information content (AvgIpc) is 3.40. The zero-order valence-electron chi connectivity index (χ0n) is 18.2. The van der Waals surface area contributed by atoms with Crippen molar-refractivity contribution < 1.29 is 22.4 Å². The largest absolute Gasteiger partial charge is 0.418 e. The van der Waals surface area contributed by atoms with Crippen LogP contribution in [0.15, 0.2) is 61.2 Å². The molecule has 1 aliphatic rings. The highest BCUT2D eigenvalue weighted by atomic mass is 19.4. The monoisotopic (exact) mass is 487 g/mol. The van der Waals surface area contributed by atoms with Gasteiger partial charge in [0.1, 0.15) is 5.82 Å². The van der Waals surface area contributed by atoms with Gasteiger partial charge in [-0.3, -0.25) is 9.78 Å². The van der Waals surface area contributed by atoms with E-state index >= 15 is 0 Å². The van der Waals surface area contributed by atoms with Gasteiger partial charge in [-0.25, -0.2) is 14.4 Å². The van der Waals surface area contributed by atoms with Gasteiger partial charge in [0.15, 0.2) is 5.65 Å². The molecular formula is C23H21F4N7O. The summed E-state index contributed by atoms with van der Waals surface area (Å²) in [6.07, 6.45) is 1.30. The predicted molar refractivity (Wildman–Crippen MR) is 121 cm³/mol.